The standard InChI is InChI=1S/C15H11N5S2/c1-21-11-6-4-10(5-7-11)13-9-12(14-3-2-8-22-14)16-15-17-18-19-20(13)15/h2-9H,1H3. The van der Waals surface area contributed by atoms with E-state index in [1.807, 2.05) is 23.6 Å². The van der Waals surface area contributed by atoms with Gasteiger partial charge in [0.25, 0.3) is 5.78 Å². The van der Waals surface area contributed by atoms with Crippen LogP contribution in [0.2, 0.25) is 0 Å². The summed E-state index contributed by atoms with van der Waals surface area (Å²) in [6.45, 7) is 0. The lowest BCUT2D eigenvalue weighted by molar-refractivity contribution is 0.826. The summed E-state index contributed by atoms with van der Waals surface area (Å²) in [6, 6.07) is 14.5. The van der Waals surface area contributed by atoms with E-state index in [2.05, 4.69) is 51.0 Å². The fraction of sp³-hybridized carbons (Fsp3) is 0.0667. The third-order valence-corrected chi connectivity index (χ3v) is 4.97. The largest absolute Gasteiger partial charge is 0.274 e. The molecule has 0 N–H and O–H groups in total. The van der Waals surface area contributed by atoms with Crippen molar-refractivity contribution in [2.24, 2.45) is 0 Å². The number of nitrogens with zero attached hydrogens (tertiary/aromatic N) is 5. The molecule has 22 heavy (non-hydrogen) atoms. The quantitative estimate of drug-likeness (QED) is 0.538. The molecule has 0 saturated carbocycles. The van der Waals surface area contributed by atoms with Crippen molar-refractivity contribution in [3.05, 3.63) is 47.8 Å². The van der Waals surface area contributed by atoms with E-state index in [-0.39, 0.29) is 0 Å². The lowest BCUT2D eigenvalue weighted by Gasteiger charge is -2.06. The first kappa shape index (κ1) is 13.4. The van der Waals surface area contributed by atoms with Crippen LogP contribution in [0.4, 0.5) is 0 Å². The Kier molecular flexibility index (Phi) is 3.36. The van der Waals surface area contributed by atoms with Crippen LogP contribution in [-0.4, -0.2) is 31.3 Å². The molecule has 0 saturated heterocycles. The van der Waals surface area contributed by atoms with E-state index >= 15 is 0 Å². The second-order valence-corrected chi connectivity index (χ2v) is 6.45. The number of aromatic nitrogens is 5. The molecule has 3 heterocycles. The Morgan fingerprint density at radius 3 is 2.73 bits per heavy atom. The van der Waals surface area contributed by atoms with Crippen LogP contribution in [-0.2, 0) is 0 Å². The topological polar surface area (TPSA) is 56.0 Å². The van der Waals surface area contributed by atoms with Crippen molar-refractivity contribution in [1.29, 1.82) is 0 Å². The van der Waals surface area contributed by atoms with E-state index in [1.54, 1.807) is 27.6 Å². The van der Waals surface area contributed by atoms with Gasteiger partial charge in [0.05, 0.1) is 16.3 Å². The Morgan fingerprint density at radius 2 is 2.00 bits per heavy atom. The second kappa shape index (κ2) is 5.51. The van der Waals surface area contributed by atoms with E-state index in [9.17, 15) is 0 Å². The molecule has 0 radical (unpaired) electrons. The molecule has 0 bridgehead atoms. The SMILES string of the molecule is CSc1ccc(-c2cc(-c3cccs3)nc3nnnn23)cc1. The van der Waals surface area contributed by atoms with Crippen molar-refractivity contribution in [2.75, 3.05) is 6.26 Å². The molecule has 7 heteroatoms. The Hall–Kier alpha value is -2.25. The first-order valence-electron chi connectivity index (χ1n) is 6.62. The number of rotatable bonds is 3. The highest BCUT2D eigenvalue weighted by Crippen LogP contribution is 2.28. The maximum atomic E-state index is 4.53. The molecule has 0 atom stereocenters. The smallest absolute Gasteiger partial charge is 0.209 e. The predicted molar refractivity (Wildman–Crippen MR) is 89.1 cm³/mol. The van der Waals surface area contributed by atoms with Gasteiger partial charge in [-0.3, -0.25) is 0 Å². The highest BCUT2D eigenvalue weighted by atomic mass is 32.2. The summed E-state index contributed by atoms with van der Waals surface area (Å²) in [4.78, 5) is 6.86. The molecule has 0 spiro atoms. The van der Waals surface area contributed by atoms with Crippen LogP contribution in [0.1, 0.15) is 0 Å². The van der Waals surface area contributed by atoms with Crippen molar-refractivity contribution < 1.29 is 0 Å². The van der Waals surface area contributed by atoms with Crippen LogP contribution in [0.25, 0.3) is 27.6 Å². The average Bonchev–Trinajstić information content (AvgIpc) is 3.25. The van der Waals surface area contributed by atoms with Gasteiger partial charge in [-0.1, -0.05) is 23.3 Å². The van der Waals surface area contributed by atoms with E-state index in [4.69, 9.17) is 0 Å². The molecule has 4 rings (SSSR count). The fourth-order valence-corrected chi connectivity index (χ4v) is 3.35. The second-order valence-electron chi connectivity index (χ2n) is 4.62. The minimum absolute atomic E-state index is 0.509. The van der Waals surface area contributed by atoms with Crippen LogP contribution < -0.4 is 0 Å². The lowest BCUT2D eigenvalue weighted by Crippen LogP contribution is -1.98. The van der Waals surface area contributed by atoms with Crippen molar-refractivity contribution in [3.63, 3.8) is 0 Å². The molecule has 0 amide bonds. The summed E-state index contributed by atoms with van der Waals surface area (Å²) in [7, 11) is 0. The van der Waals surface area contributed by atoms with Gasteiger partial charge >= 0.3 is 0 Å². The van der Waals surface area contributed by atoms with E-state index < -0.39 is 0 Å². The number of tetrazole rings is 1. The molecule has 3 aromatic heterocycles. The zero-order chi connectivity index (χ0) is 14.9. The monoisotopic (exact) mass is 325 g/mol. The van der Waals surface area contributed by atoms with Gasteiger partial charge in [0, 0.05) is 10.5 Å². The zero-order valence-corrected chi connectivity index (χ0v) is 13.3. The summed E-state index contributed by atoms with van der Waals surface area (Å²) in [5.41, 5.74) is 2.89. The van der Waals surface area contributed by atoms with E-state index in [1.165, 1.54) is 4.90 Å². The number of thiophene rings is 1. The molecule has 0 aliphatic rings. The summed E-state index contributed by atoms with van der Waals surface area (Å²) in [5, 5.41) is 13.8. The average molecular weight is 325 g/mol. The Bertz CT molecular complexity index is 913. The fourth-order valence-electron chi connectivity index (χ4n) is 2.26. The predicted octanol–water partition coefficient (Wildman–Crippen LogP) is 3.64. The first-order chi connectivity index (χ1) is 10.8. The maximum Gasteiger partial charge on any atom is 0.274 e. The first-order valence-corrected chi connectivity index (χ1v) is 8.73. The van der Waals surface area contributed by atoms with Gasteiger partial charge in [-0.2, -0.15) is 4.52 Å². The van der Waals surface area contributed by atoms with Gasteiger partial charge in [-0.15, -0.1) is 23.1 Å². The number of hydrogen-bond donors (Lipinski definition) is 0. The van der Waals surface area contributed by atoms with Gasteiger partial charge in [-0.25, -0.2) is 4.98 Å². The summed E-state index contributed by atoms with van der Waals surface area (Å²) < 4.78 is 1.67. The van der Waals surface area contributed by atoms with Gasteiger partial charge in [0.2, 0.25) is 0 Å². The minimum Gasteiger partial charge on any atom is -0.209 e. The number of benzene rings is 1. The van der Waals surface area contributed by atoms with Gasteiger partial charge in [0.15, 0.2) is 0 Å². The Morgan fingerprint density at radius 1 is 1.14 bits per heavy atom. The van der Waals surface area contributed by atoms with Crippen LogP contribution in [0.15, 0.2) is 52.7 Å². The van der Waals surface area contributed by atoms with Crippen molar-refractivity contribution >= 4 is 28.9 Å². The molecular weight excluding hydrogens is 314 g/mol. The highest BCUT2D eigenvalue weighted by Gasteiger charge is 2.12. The van der Waals surface area contributed by atoms with Crippen molar-refractivity contribution in [3.8, 4) is 21.8 Å². The number of thioether (sulfide) groups is 1. The van der Waals surface area contributed by atoms with Crippen LogP contribution in [0.5, 0.6) is 0 Å². The van der Waals surface area contributed by atoms with Gasteiger partial charge in [-0.05, 0) is 46.3 Å². The molecular formula is C15H11N5S2. The van der Waals surface area contributed by atoms with E-state index in [0.29, 0.717) is 5.78 Å². The third-order valence-electron chi connectivity index (χ3n) is 3.33. The molecule has 0 aliphatic carbocycles. The molecule has 1 aromatic carbocycles. The summed E-state index contributed by atoms with van der Waals surface area (Å²) in [6.07, 6.45) is 2.07. The van der Waals surface area contributed by atoms with Crippen LogP contribution in [0, 0.1) is 0 Å². The number of fused-ring (bicyclic) bond motifs is 1. The van der Waals surface area contributed by atoms with Crippen molar-refractivity contribution in [1.82, 2.24) is 25.0 Å². The van der Waals surface area contributed by atoms with Crippen LogP contribution >= 0.6 is 23.1 Å². The summed E-state index contributed by atoms with van der Waals surface area (Å²) >= 11 is 3.37. The van der Waals surface area contributed by atoms with Crippen LogP contribution in [0.3, 0.4) is 0 Å². The molecule has 5 nitrogen and oxygen atoms in total. The number of hydrogen-bond acceptors (Lipinski definition) is 6. The van der Waals surface area contributed by atoms with Gasteiger partial charge < -0.3 is 0 Å². The van der Waals surface area contributed by atoms with E-state index in [0.717, 1.165) is 21.8 Å². The maximum absolute atomic E-state index is 4.53. The Balaban J connectivity index is 1.93. The molecule has 0 aliphatic heterocycles. The molecule has 0 unspecified atom stereocenters. The molecule has 108 valence electrons. The molecule has 0 fully saturated rings. The zero-order valence-electron chi connectivity index (χ0n) is 11.7. The summed E-state index contributed by atoms with van der Waals surface area (Å²) in [5.74, 6) is 0.509. The van der Waals surface area contributed by atoms with Crippen molar-refractivity contribution in [2.45, 2.75) is 4.90 Å². The highest BCUT2D eigenvalue weighted by molar-refractivity contribution is 7.98. The normalized spacial score (nSPS) is 11.1. The minimum atomic E-state index is 0.509. The third kappa shape index (κ3) is 2.28. The lowest BCUT2D eigenvalue weighted by atomic mass is 10.1. The van der Waals surface area contributed by atoms with Gasteiger partial charge in [0.1, 0.15) is 0 Å². The molecule has 4 aromatic rings. The Labute approximate surface area is 135 Å².